The average molecular weight is 288 g/mol. The maximum atomic E-state index is 11.9. The van der Waals surface area contributed by atoms with Crippen molar-refractivity contribution in [2.45, 2.75) is 37.8 Å². The molecule has 2 unspecified atom stereocenters. The molecule has 1 heterocycles. The predicted octanol–water partition coefficient (Wildman–Crippen LogP) is 1.54. The number of ether oxygens (including phenoxy) is 1. The number of carbonyl (C=O) groups is 2. The summed E-state index contributed by atoms with van der Waals surface area (Å²) in [7, 11) is 1.65. The van der Waals surface area contributed by atoms with Crippen molar-refractivity contribution < 1.29 is 14.3 Å². The Kier molecular flexibility index (Phi) is 3.92. The number of hydrogen-bond acceptors (Lipinski definition) is 4. The van der Waals surface area contributed by atoms with Gasteiger partial charge in [-0.3, -0.25) is 20.2 Å². The van der Waals surface area contributed by atoms with Crippen LogP contribution in [-0.4, -0.2) is 25.0 Å². The van der Waals surface area contributed by atoms with Gasteiger partial charge in [-0.25, -0.2) is 0 Å². The summed E-state index contributed by atoms with van der Waals surface area (Å²) in [5.41, 5.74) is 1.17. The molecule has 5 heteroatoms. The SMILES string of the molecule is COc1ccc(C(NC2CCC(=O)NC2=O)C2CC2)cc1. The first-order valence-corrected chi connectivity index (χ1v) is 7.41. The van der Waals surface area contributed by atoms with Gasteiger partial charge in [0, 0.05) is 12.5 Å². The largest absolute Gasteiger partial charge is 0.497 e. The molecule has 1 aromatic carbocycles. The molecule has 2 atom stereocenters. The lowest BCUT2D eigenvalue weighted by atomic mass is 9.98. The Morgan fingerprint density at radius 3 is 2.48 bits per heavy atom. The molecule has 1 aromatic rings. The van der Waals surface area contributed by atoms with Crippen LogP contribution in [0.4, 0.5) is 0 Å². The van der Waals surface area contributed by atoms with Gasteiger partial charge in [0.2, 0.25) is 11.8 Å². The van der Waals surface area contributed by atoms with Crippen molar-refractivity contribution >= 4 is 11.8 Å². The number of imide groups is 1. The zero-order valence-electron chi connectivity index (χ0n) is 12.1. The van der Waals surface area contributed by atoms with E-state index in [1.165, 1.54) is 18.4 Å². The number of piperidine rings is 1. The fourth-order valence-corrected chi connectivity index (χ4v) is 2.81. The third-order valence-electron chi connectivity index (χ3n) is 4.19. The van der Waals surface area contributed by atoms with E-state index in [1.54, 1.807) is 7.11 Å². The van der Waals surface area contributed by atoms with Crippen LogP contribution in [0.3, 0.4) is 0 Å². The van der Waals surface area contributed by atoms with E-state index in [2.05, 4.69) is 10.6 Å². The standard InChI is InChI=1S/C16H20N2O3/c1-21-12-6-4-11(5-7-12)15(10-2-3-10)17-13-8-9-14(19)18-16(13)20/h4-7,10,13,15,17H,2-3,8-9H2,1H3,(H,18,19,20). The molecule has 5 nitrogen and oxygen atoms in total. The highest BCUT2D eigenvalue weighted by atomic mass is 16.5. The molecule has 112 valence electrons. The third-order valence-corrected chi connectivity index (χ3v) is 4.19. The summed E-state index contributed by atoms with van der Waals surface area (Å²) in [5.74, 6) is 1.02. The number of carbonyl (C=O) groups excluding carboxylic acids is 2. The number of hydrogen-bond donors (Lipinski definition) is 2. The minimum absolute atomic E-state index is 0.167. The Hall–Kier alpha value is -1.88. The zero-order chi connectivity index (χ0) is 14.8. The Bertz CT molecular complexity index is 537. The molecular weight excluding hydrogens is 268 g/mol. The van der Waals surface area contributed by atoms with Crippen LogP contribution in [0.15, 0.2) is 24.3 Å². The lowest BCUT2D eigenvalue weighted by Gasteiger charge is -2.28. The van der Waals surface area contributed by atoms with E-state index in [0.29, 0.717) is 18.8 Å². The quantitative estimate of drug-likeness (QED) is 0.807. The zero-order valence-corrected chi connectivity index (χ0v) is 12.1. The molecule has 1 aliphatic heterocycles. The summed E-state index contributed by atoms with van der Waals surface area (Å²) < 4.78 is 5.18. The minimum atomic E-state index is -0.282. The van der Waals surface area contributed by atoms with E-state index in [0.717, 1.165) is 5.75 Å². The summed E-state index contributed by atoms with van der Waals surface area (Å²) in [6, 6.07) is 7.85. The van der Waals surface area contributed by atoms with Crippen LogP contribution < -0.4 is 15.4 Å². The Balaban J connectivity index is 1.72. The van der Waals surface area contributed by atoms with Crippen LogP contribution in [0.25, 0.3) is 0 Å². The molecular formula is C16H20N2O3. The second kappa shape index (κ2) is 5.85. The van der Waals surface area contributed by atoms with Crippen molar-refractivity contribution in [1.82, 2.24) is 10.6 Å². The summed E-state index contributed by atoms with van der Waals surface area (Å²) in [5, 5.41) is 5.84. The van der Waals surface area contributed by atoms with Crippen LogP contribution in [0.5, 0.6) is 5.75 Å². The van der Waals surface area contributed by atoms with Crippen molar-refractivity contribution in [3.8, 4) is 5.75 Å². The molecule has 2 fully saturated rings. The molecule has 3 rings (SSSR count). The van der Waals surface area contributed by atoms with Gasteiger partial charge in [0.25, 0.3) is 0 Å². The van der Waals surface area contributed by atoms with Gasteiger partial charge in [-0.1, -0.05) is 12.1 Å². The van der Waals surface area contributed by atoms with Gasteiger partial charge in [-0.05, 0) is 42.9 Å². The Labute approximate surface area is 124 Å². The average Bonchev–Trinajstić information content (AvgIpc) is 3.31. The fourth-order valence-electron chi connectivity index (χ4n) is 2.81. The van der Waals surface area contributed by atoms with Gasteiger partial charge >= 0.3 is 0 Å². The molecule has 1 aliphatic carbocycles. The first-order chi connectivity index (χ1) is 10.2. The predicted molar refractivity (Wildman–Crippen MR) is 77.8 cm³/mol. The van der Waals surface area contributed by atoms with E-state index < -0.39 is 0 Å². The normalized spacial score (nSPS) is 23.6. The van der Waals surface area contributed by atoms with Crippen LogP contribution in [-0.2, 0) is 9.59 Å². The number of rotatable bonds is 5. The lowest BCUT2D eigenvalue weighted by molar-refractivity contribution is -0.134. The van der Waals surface area contributed by atoms with E-state index in [4.69, 9.17) is 4.74 Å². The van der Waals surface area contributed by atoms with Crippen molar-refractivity contribution in [3.05, 3.63) is 29.8 Å². The first-order valence-electron chi connectivity index (χ1n) is 7.41. The van der Waals surface area contributed by atoms with Crippen molar-refractivity contribution in [2.24, 2.45) is 5.92 Å². The molecule has 2 N–H and O–H groups in total. The number of methoxy groups -OCH3 is 1. The third kappa shape index (κ3) is 3.24. The number of benzene rings is 1. The molecule has 0 bridgehead atoms. The topological polar surface area (TPSA) is 67.4 Å². The summed E-state index contributed by atoms with van der Waals surface area (Å²) in [4.78, 5) is 23.1. The van der Waals surface area contributed by atoms with Crippen LogP contribution in [0, 0.1) is 5.92 Å². The Morgan fingerprint density at radius 2 is 1.90 bits per heavy atom. The van der Waals surface area contributed by atoms with Crippen molar-refractivity contribution in [3.63, 3.8) is 0 Å². The maximum absolute atomic E-state index is 11.9. The first kappa shape index (κ1) is 14.1. The molecule has 0 radical (unpaired) electrons. The lowest BCUT2D eigenvalue weighted by Crippen LogP contribution is -2.51. The monoisotopic (exact) mass is 288 g/mol. The van der Waals surface area contributed by atoms with Gasteiger partial charge in [0.15, 0.2) is 0 Å². The molecule has 21 heavy (non-hydrogen) atoms. The number of nitrogens with one attached hydrogen (secondary N) is 2. The fraction of sp³-hybridized carbons (Fsp3) is 0.500. The van der Waals surface area contributed by atoms with Gasteiger partial charge in [0.1, 0.15) is 5.75 Å². The van der Waals surface area contributed by atoms with Gasteiger partial charge in [-0.15, -0.1) is 0 Å². The van der Waals surface area contributed by atoms with E-state index in [9.17, 15) is 9.59 Å². The second-order valence-electron chi connectivity index (χ2n) is 5.76. The second-order valence-corrected chi connectivity index (χ2v) is 5.76. The summed E-state index contributed by atoms with van der Waals surface area (Å²) in [6.07, 6.45) is 3.33. The molecule has 1 saturated heterocycles. The highest BCUT2D eigenvalue weighted by molar-refractivity contribution is 6.00. The molecule has 0 spiro atoms. The maximum Gasteiger partial charge on any atom is 0.243 e. The molecule has 2 aliphatic rings. The van der Waals surface area contributed by atoms with Crippen LogP contribution in [0.2, 0.25) is 0 Å². The number of amides is 2. The summed E-state index contributed by atoms with van der Waals surface area (Å²) in [6.45, 7) is 0. The van der Waals surface area contributed by atoms with Gasteiger partial charge in [0.05, 0.1) is 13.2 Å². The minimum Gasteiger partial charge on any atom is -0.497 e. The summed E-state index contributed by atoms with van der Waals surface area (Å²) >= 11 is 0. The van der Waals surface area contributed by atoms with E-state index in [-0.39, 0.29) is 23.9 Å². The van der Waals surface area contributed by atoms with Crippen LogP contribution in [0.1, 0.15) is 37.3 Å². The van der Waals surface area contributed by atoms with Crippen molar-refractivity contribution in [2.75, 3.05) is 7.11 Å². The molecule has 1 saturated carbocycles. The highest BCUT2D eigenvalue weighted by Crippen LogP contribution is 2.41. The van der Waals surface area contributed by atoms with E-state index >= 15 is 0 Å². The van der Waals surface area contributed by atoms with Gasteiger partial charge < -0.3 is 4.74 Å². The van der Waals surface area contributed by atoms with Crippen LogP contribution >= 0.6 is 0 Å². The van der Waals surface area contributed by atoms with E-state index in [1.807, 2.05) is 24.3 Å². The molecule has 2 amide bonds. The molecule has 0 aromatic heterocycles. The highest BCUT2D eigenvalue weighted by Gasteiger charge is 2.36. The van der Waals surface area contributed by atoms with Crippen molar-refractivity contribution in [1.29, 1.82) is 0 Å². The van der Waals surface area contributed by atoms with Gasteiger partial charge in [-0.2, -0.15) is 0 Å². The smallest absolute Gasteiger partial charge is 0.243 e. The Morgan fingerprint density at radius 1 is 1.19 bits per heavy atom.